The molecule has 1 fully saturated rings. The summed E-state index contributed by atoms with van der Waals surface area (Å²) >= 11 is 0. The van der Waals surface area contributed by atoms with Crippen molar-refractivity contribution in [2.45, 2.75) is 102 Å². The molecule has 244 valence electrons. The van der Waals surface area contributed by atoms with Gasteiger partial charge < -0.3 is 35.3 Å². The van der Waals surface area contributed by atoms with Crippen molar-refractivity contribution in [3.05, 3.63) is 54.1 Å². The lowest BCUT2D eigenvalue weighted by Crippen LogP contribution is -2.58. The molecule has 0 aliphatic heterocycles. The van der Waals surface area contributed by atoms with Gasteiger partial charge in [-0.3, -0.25) is 9.59 Å². The number of aliphatic hydroxyl groups excluding tert-OH is 1. The number of rotatable bonds is 14. The second kappa shape index (κ2) is 16.2. The number of carbonyl (C=O) groups excluding carboxylic acids is 3. The first-order chi connectivity index (χ1) is 20.7. The molecule has 1 saturated carbocycles. The number of nitrogens with zero attached hydrogens (tertiary/aromatic N) is 1. The van der Waals surface area contributed by atoms with E-state index in [-0.39, 0.29) is 19.0 Å². The Morgan fingerprint density at radius 3 is 2.23 bits per heavy atom. The Morgan fingerprint density at radius 1 is 1.00 bits per heavy atom. The van der Waals surface area contributed by atoms with Gasteiger partial charge in [0.2, 0.25) is 11.8 Å². The maximum absolute atomic E-state index is 13.9. The number of benzene rings is 1. The molecule has 0 radical (unpaired) electrons. The van der Waals surface area contributed by atoms with Crippen molar-refractivity contribution in [1.29, 1.82) is 0 Å². The molecule has 1 heterocycles. The Hall–Kier alpha value is -3.17. The Balaban J connectivity index is 1.83. The number of hydrogen-bond acceptors (Lipinski definition) is 7. The summed E-state index contributed by atoms with van der Waals surface area (Å²) in [5, 5.41) is 19.6. The van der Waals surface area contributed by atoms with Crippen LogP contribution in [0.25, 0.3) is 0 Å². The maximum atomic E-state index is 13.9. The second-order valence-electron chi connectivity index (χ2n) is 13.4. The molecule has 44 heavy (non-hydrogen) atoms. The number of carbonyl (C=O) groups is 3. The van der Waals surface area contributed by atoms with E-state index in [1.54, 1.807) is 40.3 Å². The van der Waals surface area contributed by atoms with E-state index in [2.05, 4.69) is 25.9 Å². The fraction of sp³-hybridized carbons (Fsp3) is 0.625. The summed E-state index contributed by atoms with van der Waals surface area (Å²) in [7, 11) is -2.58. The molecule has 0 spiro atoms. The molecule has 1 aliphatic carbocycles. The van der Waals surface area contributed by atoms with Gasteiger partial charge >= 0.3 is 6.09 Å². The van der Waals surface area contributed by atoms with Gasteiger partial charge in [-0.15, -0.1) is 0 Å². The van der Waals surface area contributed by atoms with E-state index in [4.69, 9.17) is 4.74 Å². The summed E-state index contributed by atoms with van der Waals surface area (Å²) in [4.78, 5) is 47.3. The topological polar surface area (TPSA) is 163 Å². The summed E-state index contributed by atoms with van der Waals surface area (Å²) in [5.74, 6) is -0.702. The average Bonchev–Trinajstić information content (AvgIpc) is 3.44. The van der Waals surface area contributed by atoms with Gasteiger partial charge in [0.05, 0.1) is 25.6 Å². The summed E-state index contributed by atoms with van der Waals surface area (Å²) in [6.07, 6.45) is 7.67. The Kier molecular flexibility index (Phi) is 13.0. The molecule has 0 saturated heterocycles. The Morgan fingerprint density at radius 2 is 1.64 bits per heavy atom. The van der Waals surface area contributed by atoms with Crippen molar-refractivity contribution < 1.29 is 28.8 Å². The van der Waals surface area contributed by atoms with Crippen LogP contribution in [0.2, 0.25) is 0 Å². The lowest BCUT2D eigenvalue weighted by Gasteiger charge is -2.32. The largest absolute Gasteiger partial charge is 0.444 e. The number of aromatic nitrogens is 2. The van der Waals surface area contributed by atoms with Crippen LogP contribution >= 0.6 is 7.14 Å². The molecule has 5 N–H and O–H groups in total. The van der Waals surface area contributed by atoms with E-state index in [0.29, 0.717) is 18.0 Å². The minimum atomic E-state index is -2.58. The monoisotopic (exact) mass is 631 g/mol. The van der Waals surface area contributed by atoms with E-state index in [1.165, 1.54) is 12.7 Å². The van der Waals surface area contributed by atoms with Gasteiger partial charge in [0.1, 0.15) is 17.7 Å². The lowest BCUT2D eigenvalue weighted by molar-refractivity contribution is -0.130. The van der Waals surface area contributed by atoms with Gasteiger partial charge in [-0.25, -0.2) is 9.78 Å². The zero-order valence-electron chi connectivity index (χ0n) is 26.7. The molecule has 4 atom stereocenters. The van der Waals surface area contributed by atoms with Crippen LogP contribution in [0.15, 0.2) is 42.9 Å². The number of amides is 3. The van der Waals surface area contributed by atoms with Gasteiger partial charge in [0, 0.05) is 30.9 Å². The highest BCUT2D eigenvalue weighted by Gasteiger charge is 2.33. The highest BCUT2D eigenvalue weighted by molar-refractivity contribution is 7.62. The highest BCUT2D eigenvalue weighted by Crippen LogP contribution is 2.38. The van der Waals surface area contributed by atoms with Gasteiger partial charge in [-0.05, 0) is 52.0 Å². The van der Waals surface area contributed by atoms with E-state index >= 15 is 0 Å². The van der Waals surface area contributed by atoms with Gasteiger partial charge in [-0.1, -0.05) is 62.4 Å². The highest BCUT2D eigenvalue weighted by atomic mass is 31.2. The van der Waals surface area contributed by atoms with Crippen LogP contribution in [0.1, 0.15) is 70.6 Å². The minimum Gasteiger partial charge on any atom is -0.444 e. The summed E-state index contributed by atoms with van der Waals surface area (Å²) < 4.78 is 18.0. The van der Waals surface area contributed by atoms with Crippen molar-refractivity contribution in [1.82, 2.24) is 25.9 Å². The summed E-state index contributed by atoms with van der Waals surface area (Å²) in [6, 6.07) is 6.55. The van der Waals surface area contributed by atoms with Crippen LogP contribution in [0.4, 0.5) is 4.79 Å². The molecule has 12 heteroatoms. The number of H-pyrrole nitrogens is 1. The molecule has 1 aliphatic rings. The van der Waals surface area contributed by atoms with Crippen LogP contribution < -0.4 is 16.0 Å². The minimum absolute atomic E-state index is 0.0845. The van der Waals surface area contributed by atoms with E-state index < -0.39 is 54.9 Å². The molecule has 11 nitrogen and oxygen atoms in total. The van der Waals surface area contributed by atoms with Crippen molar-refractivity contribution in [2.75, 3.05) is 19.5 Å². The number of imidazole rings is 1. The smallest absolute Gasteiger partial charge is 0.408 e. The Bertz CT molecular complexity index is 1240. The van der Waals surface area contributed by atoms with Crippen molar-refractivity contribution in [3.63, 3.8) is 0 Å². The molecular weight excluding hydrogens is 581 g/mol. The third-order valence-corrected chi connectivity index (χ3v) is 8.89. The molecule has 1 aromatic carbocycles. The number of aromatic amines is 1. The molecule has 0 unspecified atom stereocenters. The SMILES string of the molecule is CC(C)(C)OC(=O)N[C@@H](Cc1ccccc1)C(=O)N[C@H](Cc1cnc[nH]1)C(=O)N[C@@H](CC1CCCCC1)[C@H](O)CP(C)(C)=O. The zero-order chi connectivity index (χ0) is 32.3. The molecule has 1 aromatic heterocycles. The quantitative estimate of drug-likeness (QED) is 0.197. The number of aliphatic hydroxyl groups is 1. The summed E-state index contributed by atoms with van der Waals surface area (Å²) in [5.41, 5.74) is 0.675. The number of nitrogens with one attached hydrogen (secondary N) is 4. The average molecular weight is 632 g/mol. The first kappa shape index (κ1) is 35.3. The zero-order valence-corrected chi connectivity index (χ0v) is 27.6. The maximum Gasteiger partial charge on any atom is 0.408 e. The number of ether oxygens (including phenoxy) is 1. The molecule has 0 bridgehead atoms. The van der Waals surface area contributed by atoms with Crippen molar-refractivity contribution in [2.24, 2.45) is 5.92 Å². The predicted molar refractivity (Wildman–Crippen MR) is 171 cm³/mol. The third kappa shape index (κ3) is 12.8. The standard InChI is InChI=1S/C32H50N5O6P/c1-32(2,3)43-31(41)37-26(17-23-14-10-7-11-15-23)29(39)36-27(18-24-19-33-21-34-24)30(40)35-25(28(38)20-44(4,5)42)16-22-12-8-6-9-13-22/h7,10-11,14-15,19,21-22,25-28,38H,6,8-9,12-13,16-18,20H2,1-5H3,(H,33,34)(H,35,40)(H,36,39)(H,37,41)/t25-,26-,27+,28+/m0/s1. The van der Waals surface area contributed by atoms with Crippen LogP contribution in [-0.2, 0) is 31.7 Å². The van der Waals surface area contributed by atoms with Crippen molar-refractivity contribution >= 4 is 25.0 Å². The molecule has 3 amide bonds. The number of alkyl carbamates (subject to hydrolysis) is 1. The predicted octanol–water partition coefficient (Wildman–Crippen LogP) is 4.01. The lowest BCUT2D eigenvalue weighted by atomic mass is 9.83. The normalized spacial score (nSPS) is 17.1. The molecule has 2 aromatic rings. The van der Waals surface area contributed by atoms with Gasteiger partial charge in [0.25, 0.3) is 0 Å². The Labute approximate surface area is 261 Å². The van der Waals surface area contributed by atoms with Crippen LogP contribution in [0.5, 0.6) is 0 Å². The van der Waals surface area contributed by atoms with Gasteiger partial charge in [0.15, 0.2) is 0 Å². The first-order valence-electron chi connectivity index (χ1n) is 15.5. The van der Waals surface area contributed by atoms with E-state index in [9.17, 15) is 24.1 Å². The summed E-state index contributed by atoms with van der Waals surface area (Å²) in [6.45, 7) is 8.45. The third-order valence-electron chi connectivity index (χ3n) is 7.63. The number of hydrogen-bond donors (Lipinski definition) is 5. The molecular formula is C32H50N5O6P. The molecule has 3 rings (SSSR count). The first-order valence-corrected chi connectivity index (χ1v) is 18.3. The van der Waals surface area contributed by atoms with Crippen molar-refractivity contribution in [3.8, 4) is 0 Å². The van der Waals surface area contributed by atoms with Gasteiger partial charge in [-0.2, -0.15) is 0 Å². The van der Waals surface area contributed by atoms with Crippen LogP contribution in [-0.4, -0.2) is 82.3 Å². The fourth-order valence-electron chi connectivity index (χ4n) is 5.56. The second-order valence-corrected chi connectivity index (χ2v) is 16.9. The van der Waals surface area contributed by atoms with E-state index in [1.807, 2.05) is 30.3 Å². The van der Waals surface area contributed by atoms with E-state index in [0.717, 1.165) is 31.2 Å². The fourth-order valence-corrected chi connectivity index (χ4v) is 6.72. The van der Waals surface area contributed by atoms with Crippen LogP contribution in [0, 0.1) is 5.92 Å². The van der Waals surface area contributed by atoms with Crippen LogP contribution in [0.3, 0.4) is 0 Å².